The fraction of sp³-hybridized carbons (Fsp3) is 0.222. The summed E-state index contributed by atoms with van der Waals surface area (Å²) in [6.07, 6.45) is 0. The van der Waals surface area contributed by atoms with E-state index in [0.717, 1.165) is 4.47 Å². The number of alkyl halides is 2. The van der Waals surface area contributed by atoms with Gasteiger partial charge in [0.25, 0.3) is 17.7 Å². The molecule has 0 bridgehead atoms. The molecular formula is C18H13BrF2N2O2. The molecule has 2 atom stereocenters. The number of carbonyl (C=O) groups is 2. The summed E-state index contributed by atoms with van der Waals surface area (Å²) in [5.74, 6) is -5.27. The summed E-state index contributed by atoms with van der Waals surface area (Å²) in [4.78, 5) is 24.3. The Morgan fingerprint density at radius 3 is 2.52 bits per heavy atom. The molecular weight excluding hydrogens is 394 g/mol. The van der Waals surface area contributed by atoms with E-state index in [1.807, 2.05) is 0 Å². The van der Waals surface area contributed by atoms with Gasteiger partial charge in [0.05, 0.1) is 5.92 Å². The molecule has 2 aliphatic rings. The second-order valence-corrected chi connectivity index (χ2v) is 7.12. The quantitative estimate of drug-likeness (QED) is 0.804. The Morgan fingerprint density at radius 1 is 1.20 bits per heavy atom. The van der Waals surface area contributed by atoms with Crippen LogP contribution in [0.4, 0.5) is 8.78 Å². The third-order valence-corrected chi connectivity index (χ3v) is 5.47. The number of hydrogen-bond acceptors (Lipinski definition) is 2. The van der Waals surface area contributed by atoms with E-state index >= 15 is 0 Å². The fourth-order valence-electron chi connectivity index (χ4n) is 3.67. The Hall–Kier alpha value is -2.28. The van der Waals surface area contributed by atoms with Crippen molar-refractivity contribution in [3.8, 4) is 0 Å². The maximum Gasteiger partial charge on any atom is 0.285 e. The molecule has 0 saturated heterocycles. The van der Waals surface area contributed by atoms with E-state index in [2.05, 4.69) is 26.6 Å². The number of halogens is 3. The number of hydrogen-bond donors (Lipinski definition) is 2. The molecule has 2 unspecified atom stereocenters. The molecule has 2 aromatic carbocycles. The SMILES string of the molecule is CNC(=O)c1ccc2c(c1)C1C(F)(F)C1(c1ccc(Br)cc1)NC2=O. The van der Waals surface area contributed by atoms with Gasteiger partial charge < -0.3 is 10.6 Å². The molecule has 128 valence electrons. The highest BCUT2D eigenvalue weighted by atomic mass is 79.9. The molecule has 2 N–H and O–H groups in total. The smallest absolute Gasteiger partial charge is 0.285 e. The van der Waals surface area contributed by atoms with Gasteiger partial charge in [-0.25, -0.2) is 8.78 Å². The van der Waals surface area contributed by atoms with Crippen molar-refractivity contribution in [1.29, 1.82) is 0 Å². The molecule has 0 radical (unpaired) electrons. The predicted molar refractivity (Wildman–Crippen MR) is 90.8 cm³/mol. The van der Waals surface area contributed by atoms with Gasteiger partial charge in [-0.2, -0.15) is 0 Å². The number of carbonyl (C=O) groups excluding carboxylic acids is 2. The van der Waals surface area contributed by atoms with Crippen LogP contribution in [0.25, 0.3) is 0 Å². The Labute approximate surface area is 150 Å². The molecule has 4 rings (SSSR count). The van der Waals surface area contributed by atoms with Crippen LogP contribution in [-0.2, 0) is 5.54 Å². The van der Waals surface area contributed by atoms with Crippen LogP contribution in [0, 0.1) is 0 Å². The van der Waals surface area contributed by atoms with E-state index in [-0.39, 0.29) is 22.6 Å². The summed E-state index contributed by atoms with van der Waals surface area (Å²) in [6.45, 7) is 0. The summed E-state index contributed by atoms with van der Waals surface area (Å²) < 4.78 is 30.5. The molecule has 1 saturated carbocycles. The molecule has 1 aliphatic heterocycles. The highest BCUT2D eigenvalue weighted by molar-refractivity contribution is 9.10. The van der Waals surface area contributed by atoms with Gasteiger partial charge in [-0.15, -0.1) is 0 Å². The van der Waals surface area contributed by atoms with Crippen LogP contribution >= 0.6 is 15.9 Å². The second-order valence-electron chi connectivity index (χ2n) is 6.21. The number of amides is 2. The van der Waals surface area contributed by atoms with Crippen LogP contribution < -0.4 is 10.6 Å². The van der Waals surface area contributed by atoms with E-state index in [0.29, 0.717) is 5.56 Å². The first-order valence-electron chi connectivity index (χ1n) is 7.65. The summed E-state index contributed by atoms with van der Waals surface area (Å²) in [7, 11) is 1.46. The maximum absolute atomic E-state index is 14.9. The van der Waals surface area contributed by atoms with Crippen LogP contribution in [-0.4, -0.2) is 24.8 Å². The number of nitrogens with one attached hydrogen (secondary N) is 2. The zero-order valence-corrected chi connectivity index (χ0v) is 14.7. The van der Waals surface area contributed by atoms with Crippen LogP contribution in [0.5, 0.6) is 0 Å². The van der Waals surface area contributed by atoms with Gasteiger partial charge in [0.2, 0.25) is 0 Å². The molecule has 7 heteroatoms. The fourth-order valence-corrected chi connectivity index (χ4v) is 3.94. The molecule has 2 aromatic rings. The minimum absolute atomic E-state index is 0.183. The standard InChI is InChI=1S/C18H13BrF2N2O2/c1-22-15(24)9-2-7-12-13(8-9)14-17(18(14,20)21,23-16(12)25)10-3-5-11(19)6-4-10/h2-8,14H,1H3,(H,22,24)(H,23,25). The summed E-state index contributed by atoms with van der Waals surface area (Å²) in [5, 5.41) is 4.97. The topological polar surface area (TPSA) is 58.2 Å². The van der Waals surface area contributed by atoms with Crippen LogP contribution in [0.3, 0.4) is 0 Å². The van der Waals surface area contributed by atoms with Crippen LogP contribution in [0.2, 0.25) is 0 Å². The van der Waals surface area contributed by atoms with Crippen molar-refractivity contribution in [2.24, 2.45) is 0 Å². The van der Waals surface area contributed by atoms with Crippen LogP contribution in [0.1, 0.15) is 37.8 Å². The number of rotatable bonds is 2. The van der Waals surface area contributed by atoms with E-state index in [1.54, 1.807) is 24.3 Å². The Bertz CT molecular complexity index is 914. The van der Waals surface area contributed by atoms with Gasteiger partial charge >= 0.3 is 0 Å². The first kappa shape index (κ1) is 16.2. The Morgan fingerprint density at radius 2 is 1.88 bits per heavy atom. The van der Waals surface area contributed by atoms with Gasteiger partial charge in [0, 0.05) is 22.6 Å². The highest BCUT2D eigenvalue weighted by Crippen LogP contribution is 2.72. The van der Waals surface area contributed by atoms with Crippen molar-refractivity contribution in [2.75, 3.05) is 7.05 Å². The molecule has 1 heterocycles. The van der Waals surface area contributed by atoms with Gasteiger partial charge in [-0.05, 0) is 41.5 Å². The van der Waals surface area contributed by atoms with Crippen LogP contribution in [0.15, 0.2) is 46.9 Å². The Balaban J connectivity index is 1.88. The lowest BCUT2D eigenvalue weighted by Crippen LogP contribution is -2.42. The lowest BCUT2D eigenvalue weighted by atomic mass is 9.90. The first-order valence-corrected chi connectivity index (χ1v) is 8.44. The second kappa shape index (κ2) is 5.11. The Kier molecular flexibility index (Phi) is 3.31. The minimum Gasteiger partial charge on any atom is -0.355 e. The molecule has 25 heavy (non-hydrogen) atoms. The summed E-state index contributed by atoms with van der Waals surface area (Å²) in [6, 6.07) is 10.8. The van der Waals surface area contributed by atoms with E-state index < -0.39 is 23.3 Å². The average molecular weight is 407 g/mol. The van der Waals surface area contributed by atoms with E-state index in [1.165, 1.54) is 25.2 Å². The summed E-state index contributed by atoms with van der Waals surface area (Å²) >= 11 is 3.28. The van der Waals surface area contributed by atoms with Crippen molar-refractivity contribution in [3.05, 3.63) is 69.2 Å². The van der Waals surface area contributed by atoms with Gasteiger partial charge in [0.1, 0.15) is 5.54 Å². The normalized spacial score (nSPS) is 25.4. The number of fused-ring (bicyclic) bond motifs is 3. The molecule has 1 fully saturated rings. The van der Waals surface area contributed by atoms with E-state index in [4.69, 9.17) is 0 Å². The molecule has 0 aromatic heterocycles. The average Bonchev–Trinajstić information content (AvgIpc) is 3.10. The minimum atomic E-state index is -3.14. The molecule has 1 aliphatic carbocycles. The molecule has 2 amide bonds. The van der Waals surface area contributed by atoms with Crippen molar-refractivity contribution >= 4 is 27.7 Å². The number of benzene rings is 2. The van der Waals surface area contributed by atoms with Gasteiger partial charge in [-0.3, -0.25) is 9.59 Å². The molecule has 0 spiro atoms. The van der Waals surface area contributed by atoms with Crippen molar-refractivity contribution in [2.45, 2.75) is 17.4 Å². The van der Waals surface area contributed by atoms with Crippen molar-refractivity contribution in [1.82, 2.24) is 10.6 Å². The third kappa shape index (κ3) is 2.02. The first-order chi connectivity index (χ1) is 11.8. The van der Waals surface area contributed by atoms with E-state index in [9.17, 15) is 18.4 Å². The summed E-state index contributed by atoms with van der Waals surface area (Å²) in [5.41, 5.74) is -0.780. The van der Waals surface area contributed by atoms with Gasteiger partial charge in [-0.1, -0.05) is 28.1 Å². The lowest BCUT2D eigenvalue weighted by Gasteiger charge is -2.25. The zero-order chi connectivity index (χ0) is 18.0. The molecule has 4 nitrogen and oxygen atoms in total. The lowest BCUT2D eigenvalue weighted by molar-refractivity contribution is 0.0670. The highest BCUT2D eigenvalue weighted by Gasteiger charge is 2.84. The monoisotopic (exact) mass is 406 g/mol. The maximum atomic E-state index is 14.9. The zero-order valence-electron chi connectivity index (χ0n) is 13.1. The predicted octanol–water partition coefficient (Wildman–Crippen LogP) is 3.18. The van der Waals surface area contributed by atoms with Crippen molar-refractivity contribution in [3.63, 3.8) is 0 Å². The largest absolute Gasteiger partial charge is 0.355 e. The third-order valence-electron chi connectivity index (χ3n) is 4.94. The van der Waals surface area contributed by atoms with Gasteiger partial charge in [0.15, 0.2) is 0 Å². The van der Waals surface area contributed by atoms with Crippen molar-refractivity contribution < 1.29 is 18.4 Å².